The highest BCUT2D eigenvalue weighted by Crippen LogP contribution is 2.30. The summed E-state index contributed by atoms with van der Waals surface area (Å²) in [6.45, 7) is 1.31. The molecule has 0 radical (unpaired) electrons. The fraction of sp³-hybridized carbons (Fsp3) is 0.316. The molecule has 4 heterocycles. The van der Waals surface area contributed by atoms with Gasteiger partial charge in [0.1, 0.15) is 11.2 Å². The molecular weight excluding hydrogens is 371 g/mol. The maximum atomic E-state index is 12.7. The van der Waals surface area contributed by atoms with Crippen molar-refractivity contribution in [3.8, 4) is 11.3 Å². The van der Waals surface area contributed by atoms with E-state index in [1.54, 1.807) is 24.4 Å². The van der Waals surface area contributed by atoms with Crippen LogP contribution < -0.4 is 10.6 Å². The zero-order valence-corrected chi connectivity index (χ0v) is 14.7. The number of piperidine rings is 1. The largest absolute Gasteiger partial charge is 0.433 e. The van der Waals surface area contributed by atoms with Crippen LogP contribution in [0.15, 0.2) is 42.7 Å². The van der Waals surface area contributed by atoms with Crippen LogP contribution in [0.4, 0.5) is 18.9 Å². The number of pyridine rings is 3. The number of halogens is 3. The molecule has 28 heavy (non-hydrogen) atoms. The van der Waals surface area contributed by atoms with Gasteiger partial charge in [-0.05, 0) is 43.3 Å². The van der Waals surface area contributed by atoms with Crippen LogP contribution in [0.5, 0.6) is 0 Å². The van der Waals surface area contributed by atoms with Crippen LogP contribution in [0.1, 0.15) is 12.1 Å². The molecule has 0 spiro atoms. The van der Waals surface area contributed by atoms with Crippen molar-refractivity contribution in [1.29, 1.82) is 0 Å². The van der Waals surface area contributed by atoms with E-state index in [2.05, 4.69) is 25.6 Å². The summed E-state index contributed by atoms with van der Waals surface area (Å²) < 4.78 is 38.2. The van der Waals surface area contributed by atoms with E-state index in [9.17, 15) is 18.3 Å². The van der Waals surface area contributed by atoms with Crippen LogP contribution in [-0.4, -0.2) is 45.3 Å². The molecule has 1 aliphatic rings. The quantitative estimate of drug-likeness (QED) is 0.639. The molecule has 1 fully saturated rings. The second kappa shape index (κ2) is 7.33. The third-order valence-corrected chi connectivity index (χ3v) is 4.72. The van der Waals surface area contributed by atoms with Gasteiger partial charge in [0.05, 0.1) is 29.0 Å². The topological polar surface area (TPSA) is 83.0 Å². The van der Waals surface area contributed by atoms with E-state index in [0.717, 1.165) is 30.9 Å². The number of rotatable bonds is 3. The molecule has 9 heteroatoms. The van der Waals surface area contributed by atoms with Crippen LogP contribution in [0.25, 0.3) is 22.3 Å². The first kappa shape index (κ1) is 18.6. The lowest BCUT2D eigenvalue weighted by Gasteiger charge is -2.30. The number of hydrogen-bond acceptors (Lipinski definition) is 6. The molecule has 1 aliphatic heterocycles. The van der Waals surface area contributed by atoms with Gasteiger partial charge in [-0.25, -0.2) is 4.98 Å². The first-order valence-electron chi connectivity index (χ1n) is 8.86. The van der Waals surface area contributed by atoms with Gasteiger partial charge in [0.25, 0.3) is 0 Å². The van der Waals surface area contributed by atoms with Crippen molar-refractivity contribution in [1.82, 2.24) is 20.3 Å². The van der Waals surface area contributed by atoms with Crippen molar-refractivity contribution >= 4 is 16.7 Å². The van der Waals surface area contributed by atoms with E-state index in [1.165, 1.54) is 6.07 Å². The molecule has 0 saturated carbocycles. The molecule has 1 saturated heterocycles. The Labute approximate surface area is 158 Å². The average Bonchev–Trinajstić information content (AvgIpc) is 2.69. The fourth-order valence-corrected chi connectivity index (χ4v) is 3.23. The minimum absolute atomic E-state index is 0.120. The van der Waals surface area contributed by atoms with Crippen molar-refractivity contribution in [2.24, 2.45) is 0 Å². The molecule has 0 amide bonds. The van der Waals surface area contributed by atoms with Crippen LogP contribution in [0.2, 0.25) is 0 Å². The van der Waals surface area contributed by atoms with Crippen molar-refractivity contribution in [2.75, 3.05) is 18.4 Å². The number of nitrogens with zero attached hydrogens (tertiary/aromatic N) is 3. The van der Waals surface area contributed by atoms with E-state index in [1.807, 2.05) is 0 Å². The van der Waals surface area contributed by atoms with Crippen LogP contribution in [0, 0.1) is 0 Å². The number of alkyl halides is 3. The van der Waals surface area contributed by atoms with E-state index in [0.29, 0.717) is 28.8 Å². The maximum absolute atomic E-state index is 12.7. The lowest BCUT2D eigenvalue weighted by atomic mass is 10.0. The smallest absolute Gasteiger partial charge is 0.390 e. The zero-order valence-electron chi connectivity index (χ0n) is 14.7. The Morgan fingerprint density at radius 1 is 1.11 bits per heavy atom. The molecule has 4 rings (SSSR count). The molecule has 3 aromatic rings. The Morgan fingerprint density at radius 3 is 2.68 bits per heavy atom. The van der Waals surface area contributed by atoms with Gasteiger partial charge < -0.3 is 15.7 Å². The SMILES string of the molecule is O[C@H]1CNCC[C@@H]1Nc1ccnc2ccc(-c3ccc(C(F)(F)F)nc3)nc12. The highest BCUT2D eigenvalue weighted by atomic mass is 19.4. The number of fused-ring (bicyclic) bond motifs is 1. The summed E-state index contributed by atoms with van der Waals surface area (Å²) >= 11 is 0. The van der Waals surface area contributed by atoms with Crippen molar-refractivity contribution in [2.45, 2.75) is 24.7 Å². The number of β-amino-alcohol motifs (C(OH)–C–C–N with tert-alkyl or cyclic N) is 1. The second-order valence-electron chi connectivity index (χ2n) is 6.66. The Kier molecular flexibility index (Phi) is 4.86. The van der Waals surface area contributed by atoms with Gasteiger partial charge in [0, 0.05) is 24.5 Å². The molecule has 146 valence electrons. The van der Waals surface area contributed by atoms with Crippen molar-refractivity contribution in [3.63, 3.8) is 0 Å². The van der Waals surface area contributed by atoms with E-state index >= 15 is 0 Å². The normalized spacial score (nSPS) is 20.3. The minimum Gasteiger partial charge on any atom is -0.390 e. The summed E-state index contributed by atoms with van der Waals surface area (Å²) in [4.78, 5) is 12.4. The Morgan fingerprint density at radius 2 is 1.96 bits per heavy atom. The third kappa shape index (κ3) is 3.76. The van der Waals surface area contributed by atoms with Gasteiger partial charge in [-0.3, -0.25) is 9.97 Å². The summed E-state index contributed by atoms with van der Waals surface area (Å²) in [5, 5.41) is 16.6. The summed E-state index contributed by atoms with van der Waals surface area (Å²) in [5.41, 5.74) is 1.99. The Hall–Kier alpha value is -2.78. The predicted molar refractivity (Wildman–Crippen MR) is 98.7 cm³/mol. The summed E-state index contributed by atoms with van der Waals surface area (Å²) in [6, 6.07) is 7.41. The molecule has 3 aromatic heterocycles. The monoisotopic (exact) mass is 389 g/mol. The molecule has 2 atom stereocenters. The summed E-state index contributed by atoms with van der Waals surface area (Å²) in [6.07, 6.45) is -1.44. The number of nitrogens with one attached hydrogen (secondary N) is 2. The van der Waals surface area contributed by atoms with Crippen molar-refractivity contribution < 1.29 is 18.3 Å². The molecular formula is C19H18F3N5O. The number of aliphatic hydroxyl groups excluding tert-OH is 1. The second-order valence-corrected chi connectivity index (χ2v) is 6.66. The summed E-state index contributed by atoms with van der Waals surface area (Å²) in [7, 11) is 0. The van der Waals surface area contributed by atoms with E-state index in [4.69, 9.17) is 0 Å². The first-order chi connectivity index (χ1) is 13.4. The highest BCUT2D eigenvalue weighted by Gasteiger charge is 2.32. The molecule has 0 aromatic carbocycles. The Balaban J connectivity index is 1.68. The number of aliphatic hydroxyl groups is 1. The van der Waals surface area contributed by atoms with Crippen LogP contribution in [-0.2, 0) is 6.18 Å². The molecule has 3 N–H and O–H groups in total. The van der Waals surface area contributed by atoms with Gasteiger partial charge in [-0.1, -0.05) is 0 Å². The van der Waals surface area contributed by atoms with Crippen LogP contribution >= 0.6 is 0 Å². The Bertz CT molecular complexity index is 977. The van der Waals surface area contributed by atoms with E-state index in [-0.39, 0.29) is 6.04 Å². The molecule has 0 bridgehead atoms. The van der Waals surface area contributed by atoms with Gasteiger partial charge >= 0.3 is 6.18 Å². The summed E-state index contributed by atoms with van der Waals surface area (Å²) in [5.74, 6) is 0. The molecule has 0 aliphatic carbocycles. The maximum Gasteiger partial charge on any atom is 0.433 e. The van der Waals surface area contributed by atoms with Gasteiger partial charge in [0.15, 0.2) is 0 Å². The lowest BCUT2D eigenvalue weighted by molar-refractivity contribution is -0.141. The van der Waals surface area contributed by atoms with Gasteiger partial charge in [-0.15, -0.1) is 0 Å². The average molecular weight is 389 g/mol. The third-order valence-electron chi connectivity index (χ3n) is 4.72. The number of hydrogen-bond donors (Lipinski definition) is 3. The van der Waals surface area contributed by atoms with Gasteiger partial charge in [-0.2, -0.15) is 13.2 Å². The van der Waals surface area contributed by atoms with Crippen LogP contribution in [0.3, 0.4) is 0 Å². The first-order valence-corrected chi connectivity index (χ1v) is 8.86. The number of aromatic nitrogens is 3. The molecule has 6 nitrogen and oxygen atoms in total. The predicted octanol–water partition coefficient (Wildman–Crippen LogP) is 2.85. The molecule has 0 unspecified atom stereocenters. The van der Waals surface area contributed by atoms with E-state index < -0.39 is 18.0 Å². The lowest BCUT2D eigenvalue weighted by Crippen LogP contribution is -2.47. The highest BCUT2D eigenvalue weighted by molar-refractivity contribution is 5.89. The van der Waals surface area contributed by atoms with Crippen molar-refractivity contribution in [3.05, 3.63) is 48.4 Å². The minimum atomic E-state index is -4.48. The fourth-order valence-electron chi connectivity index (χ4n) is 3.23. The van der Waals surface area contributed by atoms with Gasteiger partial charge in [0.2, 0.25) is 0 Å². The zero-order chi connectivity index (χ0) is 19.7. The standard InChI is InChI=1S/C19H18F3N5O/c20-19(21,22)17-4-1-11(9-25-17)12-2-3-14-18(27-12)15(6-8-24-14)26-13-5-7-23-10-16(13)28/h1-4,6,8-9,13,16,23,28H,5,7,10H2,(H,24,26)/t13-,16-/m0/s1. The number of anilines is 1.